The topological polar surface area (TPSA) is 49.4 Å². The van der Waals surface area contributed by atoms with Crippen LogP contribution in [0.25, 0.3) is 0 Å². The third-order valence-electron chi connectivity index (χ3n) is 5.18. The molecule has 0 bridgehead atoms. The second-order valence-electron chi connectivity index (χ2n) is 6.59. The fraction of sp³-hybridized carbons (Fsp3) is 0.867. The number of piperidine rings is 1. The number of rotatable bonds is 2. The van der Waals surface area contributed by atoms with Crippen molar-refractivity contribution in [3.63, 3.8) is 0 Å². The largest absolute Gasteiger partial charge is 0.356 e. The van der Waals surface area contributed by atoms with Crippen LogP contribution >= 0.6 is 11.8 Å². The van der Waals surface area contributed by atoms with Crippen molar-refractivity contribution in [2.24, 2.45) is 11.3 Å². The smallest absolute Gasteiger partial charge is 0.222 e. The number of nitrogens with zero attached hydrogens (tertiary/aromatic N) is 1. The summed E-state index contributed by atoms with van der Waals surface area (Å²) in [4.78, 5) is 25.8. The van der Waals surface area contributed by atoms with E-state index in [1.54, 1.807) is 0 Å². The molecule has 0 aromatic heterocycles. The predicted octanol–water partition coefficient (Wildman–Crippen LogP) is 1.65. The van der Waals surface area contributed by atoms with E-state index in [9.17, 15) is 9.59 Å². The van der Waals surface area contributed by atoms with Crippen LogP contribution in [0.15, 0.2) is 0 Å². The van der Waals surface area contributed by atoms with Crippen LogP contribution in [0.4, 0.5) is 0 Å². The summed E-state index contributed by atoms with van der Waals surface area (Å²) in [5.74, 6) is 3.57. The average molecular weight is 296 g/mol. The lowest BCUT2D eigenvalue weighted by Gasteiger charge is -2.38. The number of likely N-dealkylation sites (tertiary alicyclic amines) is 1. The molecular formula is C15H24N2O2S. The molecule has 3 fully saturated rings. The highest BCUT2D eigenvalue weighted by atomic mass is 32.2. The third-order valence-corrected chi connectivity index (χ3v) is 6.23. The lowest BCUT2D eigenvalue weighted by molar-refractivity contribution is -0.134. The monoisotopic (exact) mass is 296 g/mol. The first-order chi connectivity index (χ1) is 9.67. The first-order valence-electron chi connectivity index (χ1n) is 7.79. The molecular weight excluding hydrogens is 272 g/mol. The Morgan fingerprint density at radius 2 is 2.00 bits per heavy atom. The van der Waals surface area contributed by atoms with Crippen LogP contribution in [0.5, 0.6) is 0 Å². The molecule has 3 heterocycles. The van der Waals surface area contributed by atoms with Crippen molar-refractivity contribution in [1.29, 1.82) is 0 Å². The summed E-state index contributed by atoms with van der Waals surface area (Å²) in [6.07, 6.45) is 5.77. The second-order valence-corrected chi connectivity index (χ2v) is 7.82. The second kappa shape index (κ2) is 5.96. The van der Waals surface area contributed by atoms with E-state index in [0.717, 1.165) is 38.9 Å². The van der Waals surface area contributed by atoms with Gasteiger partial charge >= 0.3 is 0 Å². The van der Waals surface area contributed by atoms with Crippen LogP contribution in [0.1, 0.15) is 38.5 Å². The van der Waals surface area contributed by atoms with Gasteiger partial charge in [-0.05, 0) is 48.5 Å². The van der Waals surface area contributed by atoms with E-state index in [4.69, 9.17) is 0 Å². The van der Waals surface area contributed by atoms with E-state index in [-0.39, 0.29) is 11.3 Å². The average Bonchev–Trinajstić information content (AvgIpc) is 2.81. The predicted molar refractivity (Wildman–Crippen MR) is 80.5 cm³/mol. The Bertz CT molecular complexity index is 385. The maximum Gasteiger partial charge on any atom is 0.222 e. The van der Waals surface area contributed by atoms with Crippen LogP contribution in [0.3, 0.4) is 0 Å². The van der Waals surface area contributed by atoms with E-state index >= 15 is 0 Å². The zero-order valence-corrected chi connectivity index (χ0v) is 12.8. The SMILES string of the molecule is O=C1CC2(CCN(C(=O)CC3CCSCC3)CC2)CN1. The van der Waals surface area contributed by atoms with Gasteiger partial charge in [-0.15, -0.1) is 0 Å². The first kappa shape index (κ1) is 14.2. The number of carbonyl (C=O) groups is 2. The van der Waals surface area contributed by atoms with Gasteiger partial charge in [0.25, 0.3) is 0 Å². The molecule has 112 valence electrons. The van der Waals surface area contributed by atoms with E-state index in [0.29, 0.717) is 18.2 Å². The molecule has 3 aliphatic rings. The summed E-state index contributed by atoms with van der Waals surface area (Å²) in [6.45, 7) is 2.50. The van der Waals surface area contributed by atoms with Gasteiger partial charge in [0, 0.05) is 32.5 Å². The van der Waals surface area contributed by atoms with Gasteiger partial charge < -0.3 is 10.2 Å². The van der Waals surface area contributed by atoms with Crippen LogP contribution in [-0.4, -0.2) is 47.9 Å². The van der Waals surface area contributed by atoms with Crippen molar-refractivity contribution < 1.29 is 9.59 Å². The minimum absolute atomic E-state index is 0.148. The maximum atomic E-state index is 12.4. The van der Waals surface area contributed by atoms with Crippen molar-refractivity contribution >= 4 is 23.6 Å². The fourth-order valence-electron chi connectivity index (χ4n) is 3.66. The normalized spacial score (nSPS) is 26.8. The third kappa shape index (κ3) is 3.13. The number of carbonyl (C=O) groups excluding carboxylic acids is 2. The highest BCUT2D eigenvalue weighted by Crippen LogP contribution is 2.37. The summed E-state index contributed by atoms with van der Waals surface area (Å²) in [7, 11) is 0. The standard InChI is InChI=1S/C15H24N2O2S/c18-13-10-15(11-16-13)3-5-17(6-4-15)14(19)9-12-1-7-20-8-2-12/h12H,1-11H2,(H,16,18). The van der Waals surface area contributed by atoms with Crippen molar-refractivity contribution in [1.82, 2.24) is 10.2 Å². The molecule has 0 radical (unpaired) electrons. The lowest BCUT2D eigenvalue weighted by atomic mass is 9.77. The van der Waals surface area contributed by atoms with E-state index < -0.39 is 0 Å². The molecule has 0 unspecified atom stereocenters. The van der Waals surface area contributed by atoms with Gasteiger partial charge in [-0.3, -0.25) is 9.59 Å². The molecule has 3 aliphatic heterocycles. The molecule has 5 heteroatoms. The molecule has 0 aromatic carbocycles. The zero-order chi connectivity index (χ0) is 14.0. The maximum absolute atomic E-state index is 12.4. The summed E-state index contributed by atoms with van der Waals surface area (Å²) >= 11 is 2.01. The van der Waals surface area contributed by atoms with Crippen molar-refractivity contribution in [2.75, 3.05) is 31.1 Å². The molecule has 2 amide bonds. The number of amides is 2. The van der Waals surface area contributed by atoms with Crippen LogP contribution in [0, 0.1) is 11.3 Å². The summed E-state index contributed by atoms with van der Waals surface area (Å²) < 4.78 is 0. The summed E-state index contributed by atoms with van der Waals surface area (Å²) in [5, 5.41) is 2.95. The number of hydrogen-bond acceptors (Lipinski definition) is 3. The minimum atomic E-state index is 0.148. The highest BCUT2D eigenvalue weighted by molar-refractivity contribution is 7.99. The molecule has 20 heavy (non-hydrogen) atoms. The molecule has 4 nitrogen and oxygen atoms in total. The van der Waals surface area contributed by atoms with Gasteiger partial charge in [0.2, 0.25) is 11.8 Å². The van der Waals surface area contributed by atoms with Gasteiger partial charge in [-0.25, -0.2) is 0 Å². The van der Waals surface area contributed by atoms with Crippen molar-refractivity contribution in [2.45, 2.75) is 38.5 Å². The van der Waals surface area contributed by atoms with Crippen LogP contribution < -0.4 is 5.32 Å². The molecule has 1 N–H and O–H groups in total. The van der Waals surface area contributed by atoms with E-state index in [1.807, 2.05) is 16.7 Å². The highest BCUT2D eigenvalue weighted by Gasteiger charge is 2.41. The molecule has 3 saturated heterocycles. The molecule has 0 aliphatic carbocycles. The molecule has 0 aromatic rings. The Balaban J connectivity index is 1.47. The quantitative estimate of drug-likeness (QED) is 0.843. The molecule has 0 saturated carbocycles. The number of nitrogens with one attached hydrogen (secondary N) is 1. The van der Waals surface area contributed by atoms with E-state index in [1.165, 1.54) is 24.3 Å². The molecule has 1 spiro atoms. The zero-order valence-electron chi connectivity index (χ0n) is 12.0. The Labute approximate surface area is 125 Å². The fourth-order valence-corrected chi connectivity index (χ4v) is 4.87. The van der Waals surface area contributed by atoms with Gasteiger partial charge in [-0.2, -0.15) is 11.8 Å². The van der Waals surface area contributed by atoms with Gasteiger partial charge in [0.1, 0.15) is 0 Å². The number of thioether (sulfide) groups is 1. The Hall–Kier alpha value is -0.710. The summed E-state index contributed by atoms with van der Waals surface area (Å²) in [5.41, 5.74) is 0.148. The van der Waals surface area contributed by atoms with Crippen molar-refractivity contribution in [3.05, 3.63) is 0 Å². The van der Waals surface area contributed by atoms with Crippen LogP contribution in [-0.2, 0) is 9.59 Å². The number of hydrogen-bond donors (Lipinski definition) is 1. The first-order valence-corrected chi connectivity index (χ1v) is 8.95. The minimum Gasteiger partial charge on any atom is -0.356 e. The van der Waals surface area contributed by atoms with E-state index in [2.05, 4.69) is 5.32 Å². The molecule has 0 atom stereocenters. The molecule has 3 rings (SSSR count). The Morgan fingerprint density at radius 3 is 2.60 bits per heavy atom. The summed E-state index contributed by atoms with van der Waals surface area (Å²) in [6, 6.07) is 0. The van der Waals surface area contributed by atoms with Gasteiger partial charge in [0.05, 0.1) is 0 Å². The lowest BCUT2D eigenvalue weighted by Crippen LogP contribution is -2.44. The van der Waals surface area contributed by atoms with Crippen molar-refractivity contribution in [3.8, 4) is 0 Å². The van der Waals surface area contributed by atoms with Gasteiger partial charge in [-0.1, -0.05) is 0 Å². The Kier molecular flexibility index (Phi) is 4.24. The van der Waals surface area contributed by atoms with Gasteiger partial charge in [0.15, 0.2) is 0 Å². The Morgan fingerprint density at radius 1 is 1.30 bits per heavy atom. The van der Waals surface area contributed by atoms with Crippen LogP contribution in [0.2, 0.25) is 0 Å².